The Morgan fingerprint density at radius 2 is 1.72 bits per heavy atom. The van der Waals surface area contributed by atoms with E-state index in [0.717, 1.165) is 31.1 Å². The van der Waals surface area contributed by atoms with Crippen molar-refractivity contribution in [2.75, 3.05) is 36.9 Å². The average Bonchev–Trinajstić information content (AvgIpc) is 3.50. The van der Waals surface area contributed by atoms with E-state index in [1.807, 2.05) is 0 Å². The van der Waals surface area contributed by atoms with Gasteiger partial charge in [-0.05, 0) is 88.1 Å². The molecule has 0 radical (unpaired) electrons. The second-order valence-corrected chi connectivity index (χ2v) is 11.5. The highest BCUT2D eigenvalue weighted by atomic mass is 16.2. The van der Waals surface area contributed by atoms with Crippen molar-refractivity contribution in [3.63, 3.8) is 0 Å². The highest BCUT2D eigenvalue weighted by molar-refractivity contribution is 5.96. The van der Waals surface area contributed by atoms with Gasteiger partial charge in [-0.25, -0.2) is 9.97 Å². The number of primary amides is 1. The van der Waals surface area contributed by atoms with Crippen LogP contribution in [0.1, 0.15) is 86.7 Å². The monoisotopic (exact) mass is 533 g/mol. The number of nitrogens with two attached hydrogens (primary N) is 1. The van der Waals surface area contributed by atoms with E-state index in [4.69, 9.17) is 10.7 Å². The van der Waals surface area contributed by atoms with Gasteiger partial charge in [-0.2, -0.15) is 0 Å². The third-order valence-electron chi connectivity index (χ3n) is 9.18. The first-order valence-corrected chi connectivity index (χ1v) is 14.7. The maximum atomic E-state index is 12.2. The summed E-state index contributed by atoms with van der Waals surface area (Å²) in [5, 5.41) is 6.03. The van der Waals surface area contributed by atoms with E-state index in [0.29, 0.717) is 24.0 Å². The first kappa shape index (κ1) is 27.4. The molecule has 9 heteroatoms. The molecule has 0 spiro atoms. The van der Waals surface area contributed by atoms with Crippen molar-refractivity contribution in [2.45, 2.75) is 82.7 Å². The van der Waals surface area contributed by atoms with Crippen LogP contribution in [0, 0.1) is 5.92 Å². The Morgan fingerprint density at radius 3 is 2.38 bits per heavy atom. The van der Waals surface area contributed by atoms with Crippen LogP contribution in [0.2, 0.25) is 0 Å². The largest absolute Gasteiger partial charge is 0.364 e. The van der Waals surface area contributed by atoms with Crippen LogP contribution in [0.5, 0.6) is 0 Å². The number of hydrogen-bond donors (Lipinski definition) is 3. The lowest BCUT2D eigenvalue weighted by molar-refractivity contribution is -0.121. The van der Waals surface area contributed by atoms with E-state index >= 15 is 0 Å². The number of carbonyl (C=O) groups excluding carboxylic acids is 2. The number of hydrogen-bond acceptors (Lipinski definition) is 7. The number of benzene rings is 1. The van der Waals surface area contributed by atoms with E-state index in [-0.39, 0.29) is 23.6 Å². The van der Waals surface area contributed by atoms with E-state index < -0.39 is 5.91 Å². The second-order valence-electron chi connectivity index (χ2n) is 11.5. The zero-order chi connectivity index (χ0) is 27.4. The summed E-state index contributed by atoms with van der Waals surface area (Å²) in [5.74, 6) is 1.29. The lowest BCUT2D eigenvalue weighted by Crippen LogP contribution is -2.45. The first-order valence-electron chi connectivity index (χ1n) is 14.7. The topological polar surface area (TPSA) is 116 Å². The minimum atomic E-state index is -0.619. The predicted molar refractivity (Wildman–Crippen MR) is 154 cm³/mol. The Hall–Kier alpha value is -3.20. The van der Waals surface area contributed by atoms with Crippen molar-refractivity contribution in [3.05, 3.63) is 41.7 Å². The van der Waals surface area contributed by atoms with Crippen molar-refractivity contribution in [2.24, 2.45) is 11.7 Å². The van der Waals surface area contributed by atoms with E-state index in [9.17, 15) is 9.59 Å². The van der Waals surface area contributed by atoms with Gasteiger partial charge in [0.25, 0.3) is 5.91 Å². The van der Waals surface area contributed by atoms with Gasteiger partial charge in [0.05, 0.1) is 6.20 Å². The molecule has 1 aromatic carbocycles. The van der Waals surface area contributed by atoms with Crippen molar-refractivity contribution in [1.82, 2.24) is 20.2 Å². The molecular formula is C30H43N7O2. The van der Waals surface area contributed by atoms with Crippen molar-refractivity contribution in [1.29, 1.82) is 0 Å². The molecule has 2 amide bonds. The Bertz CT molecular complexity index is 1140. The van der Waals surface area contributed by atoms with Crippen LogP contribution in [-0.2, 0) is 4.79 Å². The van der Waals surface area contributed by atoms with Crippen LogP contribution in [0.15, 0.2) is 30.5 Å². The fourth-order valence-electron chi connectivity index (χ4n) is 6.79. The summed E-state index contributed by atoms with van der Waals surface area (Å²) in [4.78, 5) is 38.3. The molecule has 0 bridgehead atoms. The van der Waals surface area contributed by atoms with Gasteiger partial charge in [-0.3, -0.25) is 9.59 Å². The predicted octanol–water partition coefficient (Wildman–Crippen LogP) is 4.18. The number of rotatable bonds is 8. The maximum Gasteiger partial charge on any atom is 0.271 e. The molecule has 2 aliphatic heterocycles. The summed E-state index contributed by atoms with van der Waals surface area (Å²) in [5.41, 5.74) is 7.98. The summed E-state index contributed by atoms with van der Waals surface area (Å²) >= 11 is 0. The lowest BCUT2D eigenvalue weighted by atomic mass is 9.87. The normalized spacial score (nSPS) is 23.1. The van der Waals surface area contributed by atoms with Gasteiger partial charge in [0.1, 0.15) is 5.82 Å². The molecule has 0 unspecified atom stereocenters. The quantitative estimate of drug-likeness (QED) is 0.466. The molecule has 3 fully saturated rings. The number of nitrogens with zero attached hydrogens (tertiary/aromatic N) is 4. The molecule has 1 saturated carbocycles. The number of amides is 2. The van der Waals surface area contributed by atoms with Crippen molar-refractivity contribution < 1.29 is 9.59 Å². The van der Waals surface area contributed by atoms with Crippen LogP contribution >= 0.6 is 0 Å². The van der Waals surface area contributed by atoms with E-state index in [1.165, 1.54) is 57.2 Å². The number of carbonyl (C=O) groups is 2. The molecular weight excluding hydrogens is 490 g/mol. The molecule has 1 aliphatic carbocycles. The van der Waals surface area contributed by atoms with Crippen LogP contribution in [-0.4, -0.2) is 65.4 Å². The molecule has 2 saturated heterocycles. The summed E-state index contributed by atoms with van der Waals surface area (Å²) in [7, 11) is 1.67. The van der Waals surface area contributed by atoms with Gasteiger partial charge in [0.15, 0.2) is 11.5 Å². The number of likely N-dealkylation sites (tertiary alicyclic amines) is 1. The molecule has 9 nitrogen and oxygen atoms in total. The molecule has 3 heterocycles. The maximum absolute atomic E-state index is 12.2. The fourth-order valence-corrected chi connectivity index (χ4v) is 6.79. The van der Waals surface area contributed by atoms with Gasteiger partial charge in [0, 0.05) is 37.8 Å². The number of nitrogens with one attached hydrogen (secondary N) is 2. The van der Waals surface area contributed by atoms with Gasteiger partial charge in [0.2, 0.25) is 5.91 Å². The fraction of sp³-hybridized carbons (Fsp3) is 0.600. The molecule has 39 heavy (non-hydrogen) atoms. The Labute approximate surface area is 231 Å². The average molecular weight is 534 g/mol. The van der Waals surface area contributed by atoms with Crippen molar-refractivity contribution >= 4 is 29.1 Å². The summed E-state index contributed by atoms with van der Waals surface area (Å²) in [6.45, 7) is 5.33. The van der Waals surface area contributed by atoms with Crippen LogP contribution < -0.4 is 21.3 Å². The van der Waals surface area contributed by atoms with E-state index in [2.05, 4.69) is 56.6 Å². The molecule has 210 valence electrons. The number of aromatic nitrogens is 2. The minimum absolute atomic E-state index is 0.0500. The number of anilines is 3. The van der Waals surface area contributed by atoms with Crippen LogP contribution in [0.3, 0.4) is 0 Å². The second kappa shape index (κ2) is 12.3. The Kier molecular flexibility index (Phi) is 8.65. The standard InChI is InChI=1S/C30H43N7O2/c1-20-23(18-27(38)32-2)6-5-15-37(20)26-19-33-28(29(31)39)30(35-26)34-24-11-9-21(10-12-24)22-13-16-36(17-14-22)25-7-3-4-8-25/h9-12,19-20,22-23,25H,3-8,13-18H2,1-2H3,(H2,31,39)(H,32,38)(H,34,35)/t20-,23-/m0/s1. The van der Waals surface area contributed by atoms with Crippen molar-refractivity contribution in [3.8, 4) is 0 Å². The highest BCUT2D eigenvalue weighted by Gasteiger charge is 2.31. The Balaban J connectivity index is 1.27. The smallest absolute Gasteiger partial charge is 0.271 e. The van der Waals surface area contributed by atoms with E-state index in [1.54, 1.807) is 13.2 Å². The molecule has 5 rings (SSSR count). The molecule has 4 N–H and O–H groups in total. The van der Waals surface area contributed by atoms with Crippen LogP contribution in [0.25, 0.3) is 0 Å². The van der Waals surface area contributed by atoms with Gasteiger partial charge in [-0.1, -0.05) is 25.0 Å². The SMILES string of the molecule is CNC(=O)C[C@@H]1CCCN(c2cnc(C(N)=O)c(Nc3ccc(C4CCN(C5CCCC5)CC4)cc3)n2)[C@H]1C. The molecule has 2 atom stereocenters. The van der Waals surface area contributed by atoms with Gasteiger partial charge < -0.3 is 26.2 Å². The highest BCUT2D eigenvalue weighted by Crippen LogP contribution is 2.34. The molecule has 1 aromatic heterocycles. The third kappa shape index (κ3) is 6.35. The molecule has 2 aromatic rings. The Morgan fingerprint density at radius 1 is 1.00 bits per heavy atom. The lowest BCUT2D eigenvalue weighted by Gasteiger charge is -2.40. The first-order chi connectivity index (χ1) is 18.9. The van der Waals surface area contributed by atoms with Gasteiger partial charge in [-0.15, -0.1) is 0 Å². The van der Waals surface area contributed by atoms with Gasteiger partial charge >= 0.3 is 0 Å². The van der Waals surface area contributed by atoms with Crippen LogP contribution in [0.4, 0.5) is 17.3 Å². The zero-order valence-electron chi connectivity index (χ0n) is 23.4. The summed E-state index contributed by atoms with van der Waals surface area (Å²) < 4.78 is 0. The molecule has 3 aliphatic rings. The summed E-state index contributed by atoms with van der Waals surface area (Å²) in [6.07, 6.45) is 12.0. The summed E-state index contributed by atoms with van der Waals surface area (Å²) in [6, 6.07) is 9.42. The zero-order valence-corrected chi connectivity index (χ0v) is 23.4. The minimum Gasteiger partial charge on any atom is -0.364 e. The number of piperidine rings is 2. The third-order valence-corrected chi connectivity index (χ3v) is 9.18.